The summed E-state index contributed by atoms with van der Waals surface area (Å²) in [4.78, 5) is 18.8. The minimum absolute atomic E-state index is 0. The second-order valence-electron chi connectivity index (χ2n) is 8.02. The van der Waals surface area contributed by atoms with Crippen molar-refractivity contribution >= 4 is 16.3 Å². The first kappa shape index (κ1) is 43.7. The van der Waals surface area contributed by atoms with Gasteiger partial charge in [-0.1, -0.05) is 53.4 Å². The van der Waals surface area contributed by atoms with E-state index in [4.69, 9.17) is 18.9 Å². The molecule has 0 saturated heterocycles. The van der Waals surface area contributed by atoms with Crippen LogP contribution >= 0.6 is 16.3 Å². The van der Waals surface area contributed by atoms with Crippen LogP contribution in [0.2, 0.25) is 0 Å². The van der Waals surface area contributed by atoms with Gasteiger partial charge in [0.15, 0.2) is 11.5 Å². The van der Waals surface area contributed by atoms with E-state index in [2.05, 4.69) is 27.7 Å². The van der Waals surface area contributed by atoms with Crippen LogP contribution in [0, 0.1) is 0 Å². The number of rotatable bonds is 16. The van der Waals surface area contributed by atoms with E-state index in [0.717, 1.165) is 24.6 Å². The molecule has 220 valence electrons. The Labute approximate surface area is 243 Å². The third-order valence-electron chi connectivity index (χ3n) is 5.05. The van der Waals surface area contributed by atoms with E-state index in [9.17, 15) is 14.9 Å². The summed E-state index contributed by atoms with van der Waals surface area (Å²) in [6, 6.07) is 1.40. The molecule has 0 aliphatic carbocycles. The molecule has 37 heavy (non-hydrogen) atoms. The van der Waals surface area contributed by atoms with Crippen LogP contribution in [-0.4, -0.2) is 73.5 Å². The van der Waals surface area contributed by atoms with Gasteiger partial charge in [0.2, 0.25) is 17.2 Å². The number of hydrogen-bond donors (Lipinski definition) is 3. The molecular formula is C26H54O8P2Ti. The van der Waals surface area contributed by atoms with E-state index in [1.807, 2.05) is 0 Å². The van der Waals surface area contributed by atoms with Gasteiger partial charge in [-0.3, -0.25) is 0 Å². The quantitative estimate of drug-likeness (QED) is 0.144. The summed E-state index contributed by atoms with van der Waals surface area (Å²) in [6.45, 7) is 8.68. The number of hydrogen-bond acceptors (Lipinski definition) is 7. The van der Waals surface area contributed by atoms with Gasteiger partial charge < -0.3 is 39.3 Å². The standard InChI is InChI=1S/C10H14O5.2C8H19OP.H2O.Ti/c1-12-7-5-6(11)8(13-2)10(15-4)9(7)14-3;2*1-3-5-7-10(9)8-6-4-2;;/h5,11H,1-4H3;2*9H,3-8H2,1-2H3;1H2;. The molecule has 0 aromatic heterocycles. The van der Waals surface area contributed by atoms with Crippen molar-refractivity contribution in [2.75, 3.05) is 53.1 Å². The molecule has 5 N–H and O–H groups in total. The Bertz CT molecular complexity index is 593. The molecule has 0 spiro atoms. The molecule has 0 bridgehead atoms. The molecule has 0 aliphatic rings. The fourth-order valence-corrected chi connectivity index (χ4v) is 6.07. The van der Waals surface area contributed by atoms with Crippen molar-refractivity contribution < 1.29 is 61.0 Å². The summed E-state index contributed by atoms with van der Waals surface area (Å²) in [5.41, 5.74) is 0. The van der Waals surface area contributed by atoms with Gasteiger partial charge in [-0.05, 0) is 50.3 Å². The monoisotopic (exact) mass is 604 g/mol. The first-order chi connectivity index (χ1) is 16.8. The van der Waals surface area contributed by atoms with Crippen molar-refractivity contribution in [2.45, 2.75) is 79.1 Å². The van der Waals surface area contributed by atoms with Crippen LogP contribution in [0.25, 0.3) is 0 Å². The van der Waals surface area contributed by atoms with Crippen LogP contribution in [0.4, 0.5) is 0 Å². The van der Waals surface area contributed by atoms with Crippen LogP contribution in [0.3, 0.4) is 0 Å². The zero-order valence-corrected chi connectivity index (χ0v) is 27.8. The Kier molecular flexibility index (Phi) is 35.7. The van der Waals surface area contributed by atoms with Crippen LogP contribution in [0.1, 0.15) is 79.1 Å². The summed E-state index contributed by atoms with van der Waals surface area (Å²) in [5, 5.41) is 9.61. The zero-order chi connectivity index (χ0) is 27.1. The summed E-state index contributed by atoms with van der Waals surface area (Å²) >= 11 is 0. The maximum atomic E-state index is 9.61. The molecule has 0 unspecified atom stereocenters. The van der Waals surface area contributed by atoms with Crippen molar-refractivity contribution in [3.8, 4) is 28.7 Å². The van der Waals surface area contributed by atoms with Gasteiger partial charge in [0.05, 0.1) is 28.4 Å². The van der Waals surface area contributed by atoms with Crippen molar-refractivity contribution in [3.63, 3.8) is 0 Å². The molecular weight excluding hydrogens is 550 g/mol. The number of unbranched alkanes of at least 4 members (excludes halogenated alkanes) is 4. The number of aromatic hydroxyl groups is 1. The maximum Gasteiger partial charge on any atom is 0.211 e. The van der Waals surface area contributed by atoms with Gasteiger partial charge in [-0.2, -0.15) is 0 Å². The van der Waals surface area contributed by atoms with E-state index < -0.39 is 16.3 Å². The predicted molar refractivity (Wildman–Crippen MR) is 155 cm³/mol. The summed E-state index contributed by atoms with van der Waals surface area (Å²) in [5.74, 6) is 1.22. The molecule has 0 atom stereocenters. The number of benzene rings is 1. The van der Waals surface area contributed by atoms with Gasteiger partial charge in [0.25, 0.3) is 0 Å². The van der Waals surface area contributed by atoms with Crippen LogP contribution < -0.4 is 18.9 Å². The molecule has 0 fully saturated rings. The van der Waals surface area contributed by atoms with E-state index in [0.29, 0.717) is 17.2 Å². The SMILES string of the molecule is CCCCP(O)CCCC.CCCCP(O)CCCC.COc1cc(O)c(OC)c(OC)c1OC.O.[Ti]. The molecule has 1 aromatic carbocycles. The molecule has 0 aliphatic heterocycles. The van der Waals surface area contributed by atoms with Crippen molar-refractivity contribution in [3.05, 3.63) is 6.07 Å². The first-order valence-corrected chi connectivity index (χ1v) is 16.1. The Balaban J connectivity index is -0.000000222. The smallest absolute Gasteiger partial charge is 0.211 e. The average Bonchev–Trinajstić information content (AvgIpc) is 2.87. The van der Waals surface area contributed by atoms with E-state index >= 15 is 0 Å². The van der Waals surface area contributed by atoms with Gasteiger partial charge in [0, 0.05) is 44.1 Å². The van der Waals surface area contributed by atoms with Crippen molar-refractivity contribution in [1.29, 1.82) is 0 Å². The molecule has 0 saturated carbocycles. The molecule has 1 aromatic rings. The Morgan fingerprint density at radius 1 is 0.595 bits per heavy atom. The summed E-state index contributed by atoms with van der Waals surface area (Å²) in [6.07, 6.45) is 13.9. The largest absolute Gasteiger partial charge is 0.504 e. The molecule has 11 heteroatoms. The zero-order valence-electron chi connectivity index (χ0n) is 24.4. The van der Waals surface area contributed by atoms with Gasteiger partial charge in [-0.15, -0.1) is 0 Å². The second-order valence-corrected chi connectivity index (χ2v) is 11.8. The van der Waals surface area contributed by atoms with Crippen molar-refractivity contribution in [2.24, 2.45) is 0 Å². The topological polar surface area (TPSA) is 129 Å². The number of phenols is 1. The fourth-order valence-electron chi connectivity index (χ4n) is 2.90. The van der Waals surface area contributed by atoms with Crippen LogP contribution in [0.5, 0.6) is 28.7 Å². The van der Waals surface area contributed by atoms with Crippen LogP contribution in [0.15, 0.2) is 6.07 Å². The predicted octanol–water partition coefficient (Wildman–Crippen LogP) is 6.55. The molecule has 8 nitrogen and oxygen atoms in total. The molecule has 0 radical (unpaired) electrons. The van der Waals surface area contributed by atoms with Gasteiger partial charge in [0.1, 0.15) is 0 Å². The van der Waals surface area contributed by atoms with E-state index in [1.54, 1.807) is 0 Å². The maximum absolute atomic E-state index is 9.61. The van der Waals surface area contributed by atoms with E-state index in [1.165, 1.54) is 85.9 Å². The Morgan fingerprint density at radius 2 is 0.919 bits per heavy atom. The number of ether oxygens (including phenoxy) is 4. The fraction of sp³-hybridized carbons (Fsp3) is 0.769. The number of methoxy groups -OCH3 is 4. The third-order valence-corrected chi connectivity index (χ3v) is 8.38. The van der Waals surface area contributed by atoms with Gasteiger partial charge >= 0.3 is 0 Å². The average molecular weight is 605 g/mol. The molecule has 0 heterocycles. The summed E-state index contributed by atoms with van der Waals surface area (Å²) in [7, 11) is 4.67. The normalized spacial score (nSPS) is 9.73. The Morgan fingerprint density at radius 3 is 1.16 bits per heavy atom. The molecule has 0 amide bonds. The molecule has 1 rings (SSSR count). The third kappa shape index (κ3) is 21.2. The Hall–Kier alpha value is -0.326. The van der Waals surface area contributed by atoms with Crippen LogP contribution in [-0.2, 0) is 21.7 Å². The van der Waals surface area contributed by atoms with E-state index in [-0.39, 0.29) is 38.7 Å². The van der Waals surface area contributed by atoms with Gasteiger partial charge in [-0.25, -0.2) is 0 Å². The number of phenolic OH excluding ortho intramolecular Hbond substituents is 1. The van der Waals surface area contributed by atoms with Crippen molar-refractivity contribution in [1.82, 2.24) is 0 Å². The first-order valence-electron chi connectivity index (χ1n) is 12.7. The minimum Gasteiger partial charge on any atom is -0.504 e. The minimum atomic E-state index is -0.592. The second kappa shape index (κ2) is 30.2. The summed E-state index contributed by atoms with van der Waals surface area (Å²) < 4.78 is 20.2.